The topological polar surface area (TPSA) is 56.5 Å². The molecule has 0 amide bonds. The maximum Gasteiger partial charge on any atom is 0.281 e. The molecular weight excluding hydrogens is 397 g/mol. The standard InChI is InChI=1S/C23H28FN3O2Si/c1-23(2,3)30(4,5)29-14-6-7-19-16-27(20-10-8-18(24)9-11-20)22(28)21(26-19)17-12-13-25-15-17/h6-12,15-16H,13-14H2,1-5H3/b7-6+. The summed E-state index contributed by atoms with van der Waals surface area (Å²) >= 11 is 0. The first kappa shape index (κ1) is 22.1. The van der Waals surface area contributed by atoms with Gasteiger partial charge in [-0.3, -0.25) is 14.4 Å². The fourth-order valence-electron chi connectivity index (χ4n) is 2.73. The summed E-state index contributed by atoms with van der Waals surface area (Å²) in [6, 6.07) is 5.82. The highest BCUT2D eigenvalue weighted by molar-refractivity contribution is 6.74. The second-order valence-electron chi connectivity index (χ2n) is 8.79. The third kappa shape index (κ3) is 4.91. The molecule has 0 N–H and O–H groups in total. The highest BCUT2D eigenvalue weighted by atomic mass is 28.4. The molecular formula is C23H28FN3O2Si. The predicted molar refractivity (Wildman–Crippen MR) is 123 cm³/mol. The van der Waals surface area contributed by atoms with E-state index in [2.05, 4.69) is 43.8 Å². The molecule has 0 unspecified atom stereocenters. The molecule has 7 heteroatoms. The Kier molecular flexibility index (Phi) is 6.33. The summed E-state index contributed by atoms with van der Waals surface area (Å²) in [4.78, 5) is 21.7. The van der Waals surface area contributed by atoms with E-state index in [1.165, 1.54) is 16.7 Å². The van der Waals surface area contributed by atoms with Gasteiger partial charge in [-0.25, -0.2) is 9.37 Å². The lowest BCUT2D eigenvalue weighted by Crippen LogP contribution is -2.40. The number of hydrogen-bond donors (Lipinski definition) is 0. The Labute approximate surface area is 177 Å². The van der Waals surface area contributed by atoms with Crippen LogP contribution in [0.15, 0.2) is 52.4 Å². The van der Waals surface area contributed by atoms with Crippen molar-refractivity contribution in [3.63, 3.8) is 0 Å². The summed E-state index contributed by atoms with van der Waals surface area (Å²) in [5.41, 5.74) is 1.95. The minimum absolute atomic E-state index is 0.135. The molecule has 0 bridgehead atoms. The van der Waals surface area contributed by atoms with Crippen molar-refractivity contribution in [3.8, 4) is 5.69 Å². The molecule has 1 aliphatic heterocycles. The smallest absolute Gasteiger partial charge is 0.281 e. The van der Waals surface area contributed by atoms with Crippen LogP contribution >= 0.6 is 0 Å². The number of rotatable bonds is 6. The Morgan fingerprint density at radius 2 is 1.93 bits per heavy atom. The first-order valence-corrected chi connectivity index (χ1v) is 12.9. The largest absolute Gasteiger partial charge is 0.413 e. The average molecular weight is 426 g/mol. The summed E-state index contributed by atoms with van der Waals surface area (Å²) in [6.07, 6.45) is 8.96. The van der Waals surface area contributed by atoms with E-state index < -0.39 is 8.32 Å². The molecule has 0 atom stereocenters. The van der Waals surface area contributed by atoms with Gasteiger partial charge in [0, 0.05) is 23.7 Å². The molecule has 0 radical (unpaired) electrons. The number of aliphatic imine (C=N–C) groups is 1. The molecule has 0 fully saturated rings. The lowest BCUT2D eigenvalue weighted by atomic mass is 10.2. The van der Waals surface area contributed by atoms with E-state index in [1.54, 1.807) is 24.5 Å². The highest BCUT2D eigenvalue weighted by Crippen LogP contribution is 2.36. The summed E-state index contributed by atoms with van der Waals surface area (Å²) in [7, 11) is -1.84. The Hall–Kier alpha value is -2.64. The number of allylic oxidation sites excluding steroid dienone is 1. The fourth-order valence-corrected chi connectivity index (χ4v) is 3.67. The number of benzene rings is 1. The molecule has 1 aliphatic rings. The van der Waals surface area contributed by atoms with Gasteiger partial charge >= 0.3 is 0 Å². The van der Waals surface area contributed by atoms with Crippen molar-refractivity contribution in [1.82, 2.24) is 9.55 Å². The number of nitrogens with zero attached hydrogens (tertiary/aromatic N) is 3. The Morgan fingerprint density at radius 3 is 2.53 bits per heavy atom. The molecule has 5 nitrogen and oxygen atoms in total. The molecule has 0 saturated carbocycles. The van der Waals surface area contributed by atoms with Crippen molar-refractivity contribution in [2.75, 3.05) is 13.2 Å². The quantitative estimate of drug-likeness (QED) is 0.620. The first-order valence-electron chi connectivity index (χ1n) is 9.99. The van der Waals surface area contributed by atoms with Crippen molar-refractivity contribution in [2.24, 2.45) is 4.99 Å². The van der Waals surface area contributed by atoms with E-state index in [0.717, 1.165) is 0 Å². The molecule has 0 saturated heterocycles. The second kappa shape index (κ2) is 8.61. The molecule has 30 heavy (non-hydrogen) atoms. The zero-order chi connectivity index (χ0) is 21.9. The van der Waals surface area contributed by atoms with Crippen molar-refractivity contribution in [1.29, 1.82) is 0 Å². The average Bonchev–Trinajstić information content (AvgIpc) is 3.20. The third-order valence-electron chi connectivity index (χ3n) is 5.58. The molecule has 0 aliphatic carbocycles. The van der Waals surface area contributed by atoms with E-state index in [1.807, 2.05) is 18.2 Å². The van der Waals surface area contributed by atoms with Crippen molar-refractivity contribution in [3.05, 3.63) is 70.2 Å². The van der Waals surface area contributed by atoms with Gasteiger partial charge in [-0.2, -0.15) is 0 Å². The lowest BCUT2D eigenvalue weighted by Gasteiger charge is -2.35. The van der Waals surface area contributed by atoms with Crippen LogP contribution in [0.1, 0.15) is 32.2 Å². The van der Waals surface area contributed by atoms with E-state index in [9.17, 15) is 9.18 Å². The summed E-state index contributed by atoms with van der Waals surface area (Å²) in [5, 5.41) is 0.135. The summed E-state index contributed by atoms with van der Waals surface area (Å²) in [6.45, 7) is 12.0. The SMILES string of the molecule is CC(C)(C)[Si](C)(C)OC/C=C/c1cn(-c2ccc(F)cc2)c(=O)c(C2=CCN=C2)n1. The first-order chi connectivity index (χ1) is 14.1. The number of hydrogen-bond acceptors (Lipinski definition) is 4. The fraction of sp³-hybridized carbons (Fsp3) is 0.348. The van der Waals surface area contributed by atoms with Crippen LogP contribution in [-0.4, -0.2) is 37.2 Å². The molecule has 3 rings (SSSR count). The Morgan fingerprint density at radius 1 is 1.23 bits per heavy atom. The highest BCUT2D eigenvalue weighted by Gasteiger charge is 2.36. The zero-order valence-electron chi connectivity index (χ0n) is 18.1. The van der Waals surface area contributed by atoms with Gasteiger partial charge in [-0.15, -0.1) is 0 Å². The van der Waals surface area contributed by atoms with Crippen LogP contribution in [0.5, 0.6) is 0 Å². The van der Waals surface area contributed by atoms with E-state index in [4.69, 9.17) is 4.43 Å². The van der Waals surface area contributed by atoms with Crippen LogP contribution in [0.4, 0.5) is 4.39 Å². The minimum atomic E-state index is -1.84. The molecule has 1 aromatic heterocycles. The minimum Gasteiger partial charge on any atom is -0.413 e. The summed E-state index contributed by atoms with van der Waals surface area (Å²) in [5.74, 6) is -0.352. The van der Waals surface area contributed by atoms with Crippen LogP contribution in [-0.2, 0) is 4.43 Å². The van der Waals surface area contributed by atoms with Crippen molar-refractivity contribution < 1.29 is 8.82 Å². The van der Waals surface area contributed by atoms with Crippen LogP contribution in [0.25, 0.3) is 17.3 Å². The molecule has 2 heterocycles. The predicted octanol–water partition coefficient (Wildman–Crippen LogP) is 4.87. The summed E-state index contributed by atoms with van der Waals surface area (Å²) < 4.78 is 21.0. The molecule has 1 aromatic carbocycles. The van der Waals surface area contributed by atoms with Crippen LogP contribution < -0.4 is 5.56 Å². The van der Waals surface area contributed by atoms with Gasteiger partial charge in [0.15, 0.2) is 8.32 Å². The van der Waals surface area contributed by atoms with E-state index in [0.29, 0.717) is 35.8 Å². The van der Waals surface area contributed by atoms with Crippen LogP contribution in [0, 0.1) is 5.82 Å². The van der Waals surface area contributed by atoms with Crippen molar-refractivity contribution in [2.45, 2.75) is 38.9 Å². The number of aromatic nitrogens is 2. The van der Waals surface area contributed by atoms with Gasteiger partial charge in [-0.05, 0) is 48.5 Å². The van der Waals surface area contributed by atoms with Crippen LogP contribution in [0.2, 0.25) is 18.1 Å². The third-order valence-corrected chi connectivity index (χ3v) is 10.1. The molecule has 2 aromatic rings. The zero-order valence-corrected chi connectivity index (χ0v) is 19.1. The second-order valence-corrected chi connectivity index (χ2v) is 13.6. The molecule has 158 valence electrons. The Balaban J connectivity index is 1.93. The van der Waals surface area contributed by atoms with Gasteiger partial charge in [-0.1, -0.05) is 32.9 Å². The van der Waals surface area contributed by atoms with Crippen LogP contribution in [0.3, 0.4) is 0 Å². The van der Waals surface area contributed by atoms with Gasteiger partial charge in [0.05, 0.1) is 18.8 Å². The van der Waals surface area contributed by atoms with E-state index in [-0.39, 0.29) is 16.4 Å². The maximum absolute atomic E-state index is 13.3. The number of halogens is 1. The van der Waals surface area contributed by atoms with Gasteiger partial charge < -0.3 is 4.43 Å². The normalized spacial score (nSPS) is 14.5. The Bertz CT molecular complexity index is 1060. The van der Waals surface area contributed by atoms with E-state index >= 15 is 0 Å². The van der Waals surface area contributed by atoms with Crippen molar-refractivity contribution >= 4 is 26.2 Å². The van der Waals surface area contributed by atoms with Gasteiger partial charge in [0.25, 0.3) is 5.56 Å². The maximum atomic E-state index is 13.3. The monoisotopic (exact) mass is 425 g/mol. The van der Waals surface area contributed by atoms with Gasteiger partial charge in [0.2, 0.25) is 0 Å². The lowest BCUT2D eigenvalue weighted by molar-refractivity contribution is 0.328. The molecule has 0 spiro atoms. The van der Waals surface area contributed by atoms with Gasteiger partial charge in [0.1, 0.15) is 11.5 Å².